The molecule has 1 N–H and O–H groups in total. The van der Waals surface area contributed by atoms with E-state index in [4.69, 9.17) is 4.74 Å². The molecule has 24 heavy (non-hydrogen) atoms. The van der Waals surface area contributed by atoms with Crippen molar-refractivity contribution >= 4 is 15.9 Å². The first-order valence-electron chi connectivity index (χ1n) is 8.28. The molecule has 1 heterocycles. The maximum Gasteiger partial charge on any atom is 0.260 e. The summed E-state index contributed by atoms with van der Waals surface area (Å²) in [6, 6.07) is 5.68. The summed E-state index contributed by atoms with van der Waals surface area (Å²) in [5, 5.41) is 0. The molecule has 0 saturated carbocycles. The van der Waals surface area contributed by atoms with Gasteiger partial charge in [-0.1, -0.05) is 6.07 Å². The predicted molar refractivity (Wildman–Crippen MR) is 93.6 cm³/mol. The van der Waals surface area contributed by atoms with Gasteiger partial charge in [0.1, 0.15) is 5.75 Å². The van der Waals surface area contributed by atoms with E-state index in [1.807, 2.05) is 32.0 Å². The molecule has 0 atom stereocenters. The van der Waals surface area contributed by atoms with Crippen molar-refractivity contribution in [1.29, 1.82) is 0 Å². The summed E-state index contributed by atoms with van der Waals surface area (Å²) < 4.78 is 31.4. The van der Waals surface area contributed by atoms with Crippen molar-refractivity contribution in [2.24, 2.45) is 0 Å². The first kappa shape index (κ1) is 18.7. The fourth-order valence-corrected chi connectivity index (χ4v) is 3.53. The third-order valence-corrected chi connectivity index (χ3v) is 5.87. The zero-order valence-electron chi connectivity index (χ0n) is 14.5. The molecule has 1 aromatic rings. The molecular weight excluding hydrogens is 328 g/mol. The molecular formula is C17H26N2O4S. The second-order valence-corrected chi connectivity index (χ2v) is 8.25. The van der Waals surface area contributed by atoms with Crippen molar-refractivity contribution < 1.29 is 17.9 Å². The van der Waals surface area contributed by atoms with Gasteiger partial charge in [0.25, 0.3) is 5.91 Å². The Morgan fingerprint density at radius 3 is 2.50 bits per heavy atom. The number of carbonyl (C=O) groups is 1. The molecule has 0 aliphatic carbocycles. The molecule has 1 aliphatic rings. The quantitative estimate of drug-likeness (QED) is 0.842. The summed E-state index contributed by atoms with van der Waals surface area (Å²) in [6.45, 7) is 6.75. The van der Waals surface area contributed by atoms with Crippen molar-refractivity contribution in [3.8, 4) is 5.75 Å². The molecule has 0 radical (unpaired) electrons. The van der Waals surface area contributed by atoms with E-state index in [-0.39, 0.29) is 24.3 Å². The normalized spacial score (nSPS) is 16.2. The van der Waals surface area contributed by atoms with Crippen LogP contribution in [0.25, 0.3) is 0 Å². The van der Waals surface area contributed by atoms with Gasteiger partial charge in [0.2, 0.25) is 10.0 Å². The molecule has 0 bridgehead atoms. The van der Waals surface area contributed by atoms with Crippen molar-refractivity contribution in [1.82, 2.24) is 9.62 Å². The number of ether oxygens (including phenoxy) is 1. The zero-order valence-corrected chi connectivity index (χ0v) is 15.4. The Morgan fingerprint density at radius 2 is 1.92 bits per heavy atom. The minimum Gasteiger partial charge on any atom is -0.484 e. The Bertz CT molecular complexity index is 680. The molecule has 0 unspecified atom stereocenters. The molecule has 7 heteroatoms. The average molecular weight is 354 g/mol. The molecule has 6 nitrogen and oxygen atoms in total. The third kappa shape index (κ3) is 5.21. The zero-order chi connectivity index (χ0) is 17.7. The minimum atomic E-state index is -3.19. The van der Waals surface area contributed by atoms with Gasteiger partial charge in [0.05, 0.1) is 5.75 Å². The van der Waals surface area contributed by atoms with Crippen LogP contribution in [0.5, 0.6) is 5.75 Å². The number of rotatable bonds is 6. The molecule has 2 rings (SSSR count). The summed E-state index contributed by atoms with van der Waals surface area (Å²) in [5.74, 6) is 0.706. The minimum absolute atomic E-state index is 0.00779. The number of hydrogen-bond donors (Lipinski definition) is 1. The fraction of sp³-hybridized carbons (Fsp3) is 0.588. The van der Waals surface area contributed by atoms with Gasteiger partial charge in [-0.25, -0.2) is 13.1 Å². The molecule has 0 aromatic heterocycles. The van der Waals surface area contributed by atoms with Crippen LogP contribution in [0.15, 0.2) is 18.2 Å². The van der Waals surface area contributed by atoms with Crippen LogP contribution in [0.2, 0.25) is 0 Å². The highest BCUT2D eigenvalue weighted by atomic mass is 32.2. The van der Waals surface area contributed by atoms with Gasteiger partial charge >= 0.3 is 0 Å². The first-order chi connectivity index (χ1) is 11.3. The van der Waals surface area contributed by atoms with Gasteiger partial charge in [-0.2, -0.15) is 0 Å². The average Bonchev–Trinajstić information content (AvgIpc) is 2.56. The lowest BCUT2D eigenvalue weighted by molar-refractivity contribution is -0.134. The van der Waals surface area contributed by atoms with E-state index in [1.165, 1.54) is 5.56 Å². The lowest BCUT2D eigenvalue weighted by atomic mass is 10.1. The second-order valence-electron chi connectivity index (χ2n) is 6.21. The Labute approximate surface area is 144 Å². The lowest BCUT2D eigenvalue weighted by Gasteiger charge is -2.32. The highest BCUT2D eigenvalue weighted by molar-refractivity contribution is 7.89. The summed E-state index contributed by atoms with van der Waals surface area (Å²) in [4.78, 5) is 14.0. The molecule has 1 fully saturated rings. The van der Waals surface area contributed by atoms with Gasteiger partial charge in [-0.05, 0) is 56.9 Å². The van der Waals surface area contributed by atoms with Gasteiger partial charge in [-0.3, -0.25) is 4.79 Å². The number of sulfonamides is 1. The van der Waals surface area contributed by atoms with Gasteiger partial charge in [0.15, 0.2) is 6.61 Å². The second kappa shape index (κ2) is 7.98. The van der Waals surface area contributed by atoms with E-state index >= 15 is 0 Å². The summed E-state index contributed by atoms with van der Waals surface area (Å²) in [5.41, 5.74) is 2.31. The number of aryl methyl sites for hydroxylation is 2. The number of benzene rings is 1. The van der Waals surface area contributed by atoms with Crippen LogP contribution >= 0.6 is 0 Å². The maximum atomic E-state index is 12.2. The number of likely N-dealkylation sites (tertiary alicyclic amines) is 1. The molecule has 1 saturated heterocycles. The summed E-state index contributed by atoms with van der Waals surface area (Å²) >= 11 is 0. The molecule has 1 aliphatic heterocycles. The monoisotopic (exact) mass is 354 g/mol. The van der Waals surface area contributed by atoms with Crippen molar-refractivity contribution in [3.05, 3.63) is 29.3 Å². The van der Waals surface area contributed by atoms with Crippen molar-refractivity contribution in [2.75, 3.05) is 25.4 Å². The number of piperidine rings is 1. The Kier molecular flexibility index (Phi) is 6.23. The van der Waals surface area contributed by atoms with Crippen molar-refractivity contribution in [3.63, 3.8) is 0 Å². The molecule has 0 spiro atoms. The van der Waals surface area contributed by atoms with E-state index in [1.54, 1.807) is 11.8 Å². The van der Waals surface area contributed by atoms with Crippen LogP contribution < -0.4 is 9.46 Å². The topological polar surface area (TPSA) is 75.7 Å². The van der Waals surface area contributed by atoms with E-state index in [9.17, 15) is 13.2 Å². The summed E-state index contributed by atoms with van der Waals surface area (Å²) in [6.07, 6.45) is 1.27. The van der Waals surface area contributed by atoms with Gasteiger partial charge in [-0.15, -0.1) is 0 Å². The van der Waals surface area contributed by atoms with Crippen molar-refractivity contribution in [2.45, 2.75) is 39.7 Å². The largest absolute Gasteiger partial charge is 0.484 e. The van der Waals surface area contributed by atoms with Crippen LogP contribution in [0.1, 0.15) is 30.9 Å². The Morgan fingerprint density at radius 1 is 1.25 bits per heavy atom. The lowest BCUT2D eigenvalue weighted by Crippen LogP contribution is -2.47. The molecule has 1 aromatic carbocycles. The molecule has 134 valence electrons. The van der Waals surface area contributed by atoms with Crippen LogP contribution in [0.4, 0.5) is 0 Å². The number of nitrogens with zero attached hydrogens (tertiary/aromatic N) is 1. The smallest absolute Gasteiger partial charge is 0.260 e. The maximum absolute atomic E-state index is 12.2. The van der Waals surface area contributed by atoms with E-state index in [2.05, 4.69) is 4.72 Å². The number of amides is 1. The first-order valence-corrected chi connectivity index (χ1v) is 9.94. The highest BCUT2D eigenvalue weighted by Gasteiger charge is 2.25. The SMILES string of the molecule is CCS(=O)(=O)NC1CCN(C(=O)COc2ccc(C)c(C)c2)CC1. The van der Waals surface area contributed by atoms with Gasteiger partial charge < -0.3 is 9.64 Å². The van der Waals surface area contributed by atoms with Crippen LogP contribution in [-0.2, 0) is 14.8 Å². The van der Waals surface area contributed by atoms with Gasteiger partial charge in [0, 0.05) is 19.1 Å². The van der Waals surface area contributed by atoms with E-state index in [0.29, 0.717) is 31.7 Å². The van der Waals surface area contributed by atoms with E-state index in [0.717, 1.165) is 5.56 Å². The number of carbonyl (C=O) groups excluding carboxylic acids is 1. The standard InChI is InChI=1S/C17H26N2O4S/c1-4-24(21,22)18-15-7-9-19(10-8-15)17(20)12-23-16-6-5-13(2)14(3)11-16/h5-6,11,15,18H,4,7-10,12H2,1-3H3. The Hall–Kier alpha value is -1.60. The Balaban J connectivity index is 1.79. The summed E-state index contributed by atoms with van der Waals surface area (Å²) in [7, 11) is -3.19. The van der Waals surface area contributed by atoms with Crippen LogP contribution in [-0.4, -0.2) is 50.7 Å². The van der Waals surface area contributed by atoms with E-state index < -0.39 is 10.0 Å². The molecule has 1 amide bonds. The number of hydrogen-bond acceptors (Lipinski definition) is 4. The van der Waals surface area contributed by atoms with Crippen LogP contribution in [0.3, 0.4) is 0 Å². The van der Waals surface area contributed by atoms with Crippen LogP contribution in [0, 0.1) is 13.8 Å². The third-order valence-electron chi connectivity index (χ3n) is 4.41. The predicted octanol–water partition coefficient (Wildman–Crippen LogP) is 1.61. The number of nitrogens with one attached hydrogen (secondary N) is 1. The fourth-order valence-electron chi connectivity index (χ4n) is 2.62. The highest BCUT2D eigenvalue weighted by Crippen LogP contribution is 2.17.